The fourth-order valence-corrected chi connectivity index (χ4v) is 1.85. The van der Waals surface area contributed by atoms with Crippen molar-refractivity contribution < 1.29 is 17.7 Å². The molecule has 3 rings (SSSR count). The third kappa shape index (κ3) is 2.57. The maximum Gasteiger partial charge on any atom is 0.471 e. The fourth-order valence-electron chi connectivity index (χ4n) is 1.85. The molecule has 0 atom stereocenters. The summed E-state index contributed by atoms with van der Waals surface area (Å²) in [6, 6.07) is 3.07. The first kappa shape index (κ1) is 14.2. The summed E-state index contributed by atoms with van der Waals surface area (Å²) in [5, 5.41) is 3.35. The Kier molecular flexibility index (Phi) is 3.19. The van der Waals surface area contributed by atoms with Crippen LogP contribution in [-0.2, 0) is 13.2 Å². The first-order valence-corrected chi connectivity index (χ1v) is 6.22. The van der Waals surface area contributed by atoms with Crippen LogP contribution in [0.4, 0.5) is 13.2 Å². The van der Waals surface area contributed by atoms with Crippen LogP contribution in [0.25, 0.3) is 22.8 Å². The van der Waals surface area contributed by atoms with Crippen LogP contribution in [0.2, 0.25) is 0 Å². The molecule has 3 aromatic heterocycles. The van der Waals surface area contributed by atoms with Crippen LogP contribution in [0, 0.1) is 6.92 Å². The van der Waals surface area contributed by atoms with Crippen molar-refractivity contribution in [3.63, 3.8) is 0 Å². The van der Waals surface area contributed by atoms with Crippen LogP contribution in [0.1, 0.15) is 11.7 Å². The molecule has 0 fully saturated rings. The topological polar surface area (TPSA) is 69.6 Å². The van der Waals surface area contributed by atoms with Crippen LogP contribution in [0.15, 0.2) is 29.0 Å². The molecule has 6 nitrogen and oxygen atoms in total. The summed E-state index contributed by atoms with van der Waals surface area (Å²) in [4.78, 5) is 11.8. The van der Waals surface area contributed by atoms with Gasteiger partial charge in [-0.15, -0.1) is 0 Å². The van der Waals surface area contributed by atoms with Crippen molar-refractivity contribution in [2.75, 3.05) is 0 Å². The van der Waals surface area contributed by atoms with Gasteiger partial charge in [0.1, 0.15) is 11.5 Å². The smallest absolute Gasteiger partial charge is 0.338 e. The molecule has 0 saturated carbocycles. The number of aromatic nitrogens is 5. The largest absolute Gasteiger partial charge is 0.471 e. The third-order valence-corrected chi connectivity index (χ3v) is 3.06. The lowest BCUT2D eigenvalue weighted by Crippen LogP contribution is -2.04. The van der Waals surface area contributed by atoms with Gasteiger partial charge in [0, 0.05) is 25.0 Å². The molecule has 0 spiro atoms. The molecule has 0 aromatic carbocycles. The zero-order valence-corrected chi connectivity index (χ0v) is 11.6. The molecule has 0 radical (unpaired) electrons. The summed E-state index contributed by atoms with van der Waals surface area (Å²) in [6.07, 6.45) is -1.43. The highest BCUT2D eigenvalue weighted by atomic mass is 19.4. The Bertz CT molecular complexity index is 802. The first-order chi connectivity index (χ1) is 10.3. The van der Waals surface area contributed by atoms with Crippen molar-refractivity contribution in [2.45, 2.75) is 13.1 Å². The standard InChI is InChI=1S/C13H10F3N5O/c1-7-18-10(6-21(7)2)9-5-8(3-4-17-9)11-19-12(22-20-11)13(14,15)16/h3-6H,1-2H3. The van der Waals surface area contributed by atoms with Gasteiger partial charge in [-0.2, -0.15) is 18.2 Å². The number of imidazole rings is 1. The van der Waals surface area contributed by atoms with E-state index in [2.05, 4.69) is 24.6 Å². The molecule has 0 aliphatic carbocycles. The van der Waals surface area contributed by atoms with E-state index in [0.29, 0.717) is 17.0 Å². The summed E-state index contributed by atoms with van der Waals surface area (Å²) >= 11 is 0. The molecule has 0 aliphatic rings. The highest BCUT2D eigenvalue weighted by Gasteiger charge is 2.38. The number of alkyl halides is 3. The molecule has 0 unspecified atom stereocenters. The molecule has 0 amide bonds. The highest BCUT2D eigenvalue weighted by Crippen LogP contribution is 2.30. The minimum Gasteiger partial charge on any atom is -0.338 e. The van der Waals surface area contributed by atoms with E-state index >= 15 is 0 Å². The fraction of sp³-hybridized carbons (Fsp3) is 0.231. The zero-order valence-electron chi connectivity index (χ0n) is 11.6. The summed E-state index contributed by atoms with van der Waals surface area (Å²) in [5.41, 5.74) is 1.49. The van der Waals surface area contributed by atoms with E-state index in [1.807, 2.05) is 18.5 Å². The predicted octanol–water partition coefficient (Wildman–Crippen LogP) is 2.86. The van der Waals surface area contributed by atoms with Gasteiger partial charge in [0.05, 0.1) is 5.69 Å². The Balaban J connectivity index is 1.99. The van der Waals surface area contributed by atoms with Crippen molar-refractivity contribution >= 4 is 0 Å². The van der Waals surface area contributed by atoms with Gasteiger partial charge in [-0.25, -0.2) is 4.98 Å². The SMILES string of the molecule is Cc1nc(-c2cc(-c3noc(C(F)(F)F)n3)ccn2)cn1C. The van der Waals surface area contributed by atoms with E-state index in [1.54, 1.807) is 12.3 Å². The lowest BCUT2D eigenvalue weighted by Gasteiger charge is -1.98. The van der Waals surface area contributed by atoms with Gasteiger partial charge < -0.3 is 9.09 Å². The second kappa shape index (κ2) is 4.93. The van der Waals surface area contributed by atoms with Gasteiger partial charge in [0.2, 0.25) is 5.82 Å². The van der Waals surface area contributed by atoms with E-state index in [4.69, 9.17) is 0 Å². The minimum atomic E-state index is -4.67. The molecule has 22 heavy (non-hydrogen) atoms. The van der Waals surface area contributed by atoms with Crippen LogP contribution in [0.5, 0.6) is 0 Å². The predicted molar refractivity (Wildman–Crippen MR) is 69.5 cm³/mol. The minimum absolute atomic E-state index is 0.149. The average Bonchev–Trinajstić information content (AvgIpc) is 3.07. The van der Waals surface area contributed by atoms with E-state index < -0.39 is 12.1 Å². The zero-order chi connectivity index (χ0) is 15.9. The summed E-state index contributed by atoms with van der Waals surface area (Å²) in [5.74, 6) is -0.737. The molecule has 114 valence electrons. The van der Waals surface area contributed by atoms with Crippen LogP contribution in [-0.4, -0.2) is 24.7 Å². The number of halogens is 3. The second-order valence-corrected chi connectivity index (χ2v) is 4.63. The summed E-state index contributed by atoms with van der Waals surface area (Å²) in [7, 11) is 1.84. The van der Waals surface area contributed by atoms with Gasteiger partial charge >= 0.3 is 12.1 Å². The highest BCUT2D eigenvalue weighted by molar-refractivity contribution is 5.63. The lowest BCUT2D eigenvalue weighted by molar-refractivity contribution is -0.159. The third-order valence-electron chi connectivity index (χ3n) is 3.06. The molecular weight excluding hydrogens is 299 g/mol. The van der Waals surface area contributed by atoms with Crippen molar-refractivity contribution in [2.24, 2.45) is 7.05 Å². The Hall–Kier alpha value is -2.71. The summed E-state index contributed by atoms with van der Waals surface area (Å²) in [6.45, 7) is 1.84. The first-order valence-electron chi connectivity index (χ1n) is 6.22. The summed E-state index contributed by atoms with van der Waals surface area (Å²) < 4.78 is 43.5. The Labute approximate surface area is 122 Å². The van der Waals surface area contributed by atoms with Gasteiger partial charge in [-0.1, -0.05) is 5.16 Å². The Morgan fingerprint density at radius 2 is 1.95 bits per heavy atom. The Morgan fingerprint density at radius 3 is 2.55 bits per heavy atom. The molecule has 9 heteroatoms. The number of hydrogen-bond acceptors (Lipinski definition) is 5. The van der Waals surface area contributed by atoms with E-state index in [9.17, 15) is 13.2 Å². The number of rotatable bonds is 2. The Morgan fingerprint density at radius 1 is 1.18 bits per heavy atom. The number of pyridine rings is 1. The van der Waals surface area contributed by atoms with E-state index in [0.717, 1.165) is 5.82 Å². The van der Waals surface area contributed by atoms with Crippen LogP contribution >= 0.6 is 0 Å². The van der Waals surface area contributed by atoms with Crippen molar-refractivity contribution in [3.05, 3.63) is 36.2 Å². The van der Waals surface area contributed by atoms with E-state index in [-0.39, 0.29) is 5.82 Å². The number of nitrogens with zero attached hydrogens (tertiary/aromatic N) is 5. The monoisotopic (exact) mass is 309 g/mol. The molecule has 3 aromatic rings. The van der Waals surface area contributed by atoms with Gasteiger partial charge in [-0.05, 0) is 19.1 Å². The van der Waals surface area contributed by atoms with Gasteiger partial charge in [-0.3, -0.25) is 4.98 Å². The van der Waals surface area contributed by atoms with Crippen molar-refractivity contribution in [1.82, 2.24) is 24.7 Å². The van der Waals surface area contributed by atoms with Crippen LogP contribution in [0.3, 0.4) is 0 Å². The molecular formula is C13H10F3N5O. The maximum absolute atomic E-state index is 12.5. The molecule has 3 heterocycles. The van der Waals surface area contributed by atoms with Crippen LogP contribution < -0.4 is 0 Å². The van der Waals surface area contributed by atoms with Gasteiger partial charge in [0.25, 0.3) is 0 Å². The molecule has 0 N–H and O–H groups in total. The average molecular weight is 309 g/mol. The van der Waals surface area contributed by atoms with E-state index in [1.165, 1.54) is 12.3 Å². The van der Waals surface area contributed by atoms with Gasteiger partial charge in [0.15, 0.2) is 0 Å². The normalized spacial score (nSPS) is 11.9. The van der Waals surface area contributed by atoms with Crippen molar-refractivity contribution in [1.29, 1.82) is 0 Å². The quantitative estimate of drug-likeness (QED) is 0.728. The second-order valence-electron chi connectivity index (χ2n) is 4.63. The molecule has 0 aliphatic heterocycles. The molecule has 0 bridgehead atoms. The number of hydrogen-bond donors (Lipinski definition) is 0. The maximum atomic E-state index is 12.5. The number of aryl methyl sites for hydroxylation is 2. The molecule has 0 saturated heterocycles. The van der Waals surface area contributed by atoms with Crippen molar-refractivity contribution in [3.8, 4) is 22.8 Å². The lowest BCUT2D eigenvalue weighted by atomic mass is 10.2.